The van der Waals surface area contributed by atoms with Crippen molar-refractivity contribution in [1.82, 2.24) is 14.7 Å². The van der Waals surface area contributed by atoms with Gasteiger partial charge in [-0.1, -0.05) is 0 Å². The zero-order valence-electron chi connectivity index (χ0n) is 16.7. The van der Waals surface area contributed by atoms with E-state index in [2.05, 4.69) is 49.2 Å². The summed E-state index contributed by atoms with van der Waals surface area (Å²) < 4.78 is 9.26. The van der Waals surface area contributed by atoms with Gasteiger partial charge in [-0.05, 0) is 0 Å². The third-order valence-electron chi connectivity index (χ3n) is 5.33. The molecule has 3 heterocycles. The molecular formula is C19H26ClN5OSSn. The maximum absolute atomic E-state index is 11.5. The van der Waals surface area contributed by atoms with E-state index in [-0.39, 0.29) is 5.91 Å². The van der Waals surface area contributed by atoms with Gasteiger partial charge in [-0.3, -0.25) is 0 Å². The monoisotopic (exact) mass is 527 g/mol. The van der Waals surface area contributed by atoms with E-state index in [1.165, 1.54) is 19.6 Å². The number of pyridine rings is 2. The van der Waals surface area contributed by atoms with Crippen molar-refractivity contribution in [1.29, 1.82) is 0 Å². The molecule has 2 aromatic heterocycles. The summed E-state index contributed by atoms with van der Waals surface area (Å²) in [5.41, 5.74) is 2.23. The van der Waals surface area contributed by atoms with Gasteiger partial charge in [0.05, 0.1) is 0 Å². The number of nitrogens with zero attached hydrogens (tertiary/aromatic N) is 3. The van der Waals surface area contributed by atoms with E-state index < -0.39 is 18.4 Å². The molecule has 1 fully saturated rings. The minimum atomic E-state index is -3.01. The van der Waals surface area contributed by atoms with Crippen LogP contribution in [0, 0.1) is 6.92 Å². The Morgan fingerprint density at radius 2 is 2.25 bits per heavy atom. The van der Waals surface area contributed by atoms with E-state index in [1.54, 1.807) is 18.3 Å². The fraction of sp³-hybridized carbons (Fsp3) is 0.421. The number of rotatable bonds is 5. The van der Waals surface area contributed by atoms with Crippen LogP contribution in [0.4, 0.5) is 11.5 Å². The van der Waals surface area contributed by atoms with E-state index in [0.29, 0.717) is 11.0 Å². The van der Waals surface area contributed by atoms with Gasteiger partial charge in [-0.25, -0.2) is 0 Å². The van der Waals surface area contributed by atoms with Gasteiger partial charge in [0, 0.05) is 0 Å². The first-order valence-corrected chi connectivity index (χ1v) is 18.3. The number of hydrogen-bond acceptors (Lipinski definition) is 6. The van der Waals surface area contributed by atoms with Crippen LogP contribution in [0.2, 0.25) is 14.5 Å². The Labute approximate surface area is 180 Å². The van der Waals surface area contributed by atoms with E-state index in [1.807, 2.05) is 12.3 Å². The van der Waals surface area contributed by atoms with E-state index >= 15 is 0 Å². The molecule has 1 unspecified atom stereocenters. The van der Waals surface area contributed by atoms with Crippen molar-refractivity contribution >= 4 is 66.7 Å². The molecule has 0 radical (unpaired) electrons. The number of carbonyl (C=O) groups is 1. The molecule has 28 heavy (non-hydrogen) atoms. The Kier molecular flexibility index (Phi) is 7.11. The molecular weight excluding hydrogens is 500 g/mol. The average molecular weight is 527 g/mol. The van der Waals surface area contributed by atoms with Gasteiger partial charge in [-0.15, -0.1) is 0 Å². The summed E-state index contributed by atoms with van der Waals surface area (Å²) in [7, 11) is 0. The molecule has 2 aromatic rings. The summed E-state index contributed by atoms with van der Waals surface area (Å²) in [5.74, 6) is 0.497. The molecule has 6 nitrogen and oxygen atoms in total. The summed E-state index contributed by atoms with van der Waals surface area (Å²) in [5, 5.41) is 3.36. The zero-order valence-corrected chi connectivity index (χ0v) is 21.1. The van der Waals surface area contributed by atoms with Gasteiger partial charge in [0.25, 0.3) is 0 Å². The molecule has 2 N–H and O–H groups in total. The van der Waals surface area contributed by atoms with Crippen LogP contribution in [0.5, 0.6) is 0 Å². The molecule has 0 spiro atoms. The summed E-state index contributed by atoms with van der Waals surface area (Å²) in [6.07, 6.45) is 4.84. The number of halogens is 1. The number of amides is 1. The number of aromatic nitrogens is 2. The molecule has 3 rings (SSSR count). The van der Waals surface area contributed by atoms with Crippen molar-refractivity contribution in [2.45, 2.75) is 36.6 Å². The van der Waals surface area contributed by atoms with Crippen LogP contribution in [0.3, 0.4) is 0 Å². The number of hydrogen-bond donors (Lipinski definition) is 2. The van der Waals surface area contributed by atoms with E-state index in [9.17, 15) is 4.79 Å². The third-order valence-corrected chi connectivity index (χ3v) is 19.9. The van der Waals surface area contributed by atoms with Gasteiger partial charge in [0.15, 0.2) is 0 Å². The van der Waals surface area contributed by atoms with Crippen LogP contribution in [-0.4, -0.2) is 47.3 Å². The van der Waals surface area contributed by atoms with Crippen LogP contribution < -0.4 is 21.5 Å². The third kappa shape index (κ3) is 4.42. The predicted molar refractivity (Wildman–Crippen MR) is 121 cm³/mol. The number of anilines is 2. The van der Waals surface area contributed by atoms with Crippen LogP contribution in [0.15, 0.2) is 24.5 Å². The molecule has 9 heteroatoms. The van der Waals surface area contributed by atoms with Gasteiger partial charge >= 0.3 is 181 Å². The minimum absolute atomic E-state index is 0.112. The number of carbonyl (C=O) groups excluding carboxylic acids is 1. The predicted octanol–water partition coefficient (Wildman–Crippen LogP) is 2.97. The normalized spacial score (nSPS) is 16.5. The van der Waals surface area contributed by atoms with Gasteiger partial charge in [0.1, 0.15) is 0 Å². The summed E-state index contributed by atoms with van der Waals surface area (Å²) in [6.45, 7) is 7.86. The summed E-state index contributed by atoms with van der Waals surface area (Å²) in [6, 6.07) is 4.13. The number of nitrogens with one attached hydrogen (secondary N) is 2. The van der Waals surface area contributed by atoms with Crippen LogP contribution in [-0.2, 0) is 4.79 Å². The van der Waals surface area contributed by atoms with E-state index in [0.717, 1.165) is 29.6 Å². The second kappa shape index (κ2) is 9.19. The Morgan fingerprint density at radius 1 is 1.46 bits per heavy atom. The van der Waals surface area contributed by atoms with Gasteiger partial charge in [-0.2, -0.15) is 0 Å². The molecule has 0 saturated carbocycles. The zero-order chi connectivity index (χ0) is 20.3. The Hall–Kier alpha value is -1.03. The van der Waals surface area contributed by atoms with Crippen molar-refractivity contribution in [3.63, 3.8) is 0 Å². The fourth-order valence-electron chi connectivity index (χ4n) is 3.60. The maximum atomic E-state index is 11.5. The van der Waals surface area contributed by atoms with Crippen molar-refractivity contribution in [2.24, 2.45) is 0 Å². The first-order valence-electron chi connectivity index (χ1n) is 9.44. The Balaban J connectivity index is 2.08. The van der Waals surface area contributed by atoms with Crippen LogP contribution in [0.25, 0.3) is 0 Å². The van der Waals surface area contributed by atoms with E-state index in [4.69, 9.17) is 11.6 Å². The summed E-state index contributed by atoms with van der Waals surface area (Å²) in [4.78, 5) is 22.7. The second-order valence-corrected chi connectivity index (χ2v) is 21.3. The SMILES string of the molecule is C[CH2][Sn]([CH3])([c]1ccnc(NC(C)=O)c1)[c]1cnc(Cl)c(N2CCCNS2)c1C. The fourth-order valence-corrected chi connectivity index (χ4v) is 14.3. The molecule has 1 aliphatic heterocycles. The molecule has 0 aliphatic carbocycles. The molecule has 150 valence electrons. The second-order valence-electron chi connectivity index (χ2n) is 7.17. The van der Waals surface area contributed by atoms with Crippen LogP contribution in [0.1, 0.15) is 25.8 Å². The molecule has 1 atom stereocenters. The van der Waals surface area contributed by atoms with Crippen molar-refractivity contribution in [3.8, 4) is 0 Å². The molecule has 1 aliphatic rings. The Bertz CT molecular complexity index is 877. The standard InChI is InChI=1S/C9H11ClN3S.C7H7N2O.C2H5.CH3.Sn/c1-7-3-5-11-9(10)8(7)13-6-2-4-12-14-13;1-6(10)9-7-4-2-3-5-8-7;1-2;;/h5,12H,2,4,6H2,1H3;3-5H,1H3,(H,8,9,10);1H2,2H3;1H3;. The van der Waals surface area contributed by atoms with Crippen molar-refractivity contribution < 1.29 is 4.79 Å². The van der Waals surface area contributed by atoms with Gasteiger partial charge < -0.3 is 0 Å². The summed E-state index contributed by atoms with van der Waals surface area (Å²) >= 11 is 5.12. The molecule has 1 saturated heterocycles. The first kappa shape index (κ1) is 21.7. The van der Waals surface area contributed by atoms with Crippen molar-refractivity contribution in [2.75, 3.05) is 22.7 Å². The van der Waals surface area contributed by atoms with Gasteiger partial charge in [0.2, 0.25) is 0 Å². The van der Waals surface area contributed by atoms with Crippen molar-refractivity contribution in [3.05, 3.63) is 35.2 Å². The first-order chi connectivity index (χ1) is 13.4. The topological polar surface area (TPSA) is 70.2 Å². The molecule has 1 amide bonds. The quantitative estimate of drug-likeness (QED) is 0.355. The Morgan fingerprint density at radius 3 is 2.89 bits per heavy atom. The molecule has 0 bridgehead atoms. The molecule has 0 aromatic carbocycles. The average Bonchev–Trinajstić information content (AvgIpc) is 2.68. The van der Waals surface area contributed by atoms with Crippen LogP contribution >= 0.6 is 23.7 Å².